The normalized spacial score (nSPS) is 11.6. The number of thioether (sulfide) groups is 1. The Morgan fingerprint density at radius 3 is 2.06 bits per heavy atom. The Labute approximate surface area is 286 Å². The Morgan fingerprint density at radius 2 is 1.44 bits per heavy atom. The van der Waals surface area contributed by atoms with Gasteiger partial charge in [-0.3, -0.25) is 14.4 Å². The molecule has 13 heteroatoms. The molecule has 4 aromatic carbocycles. The summed E-state index contributed by atoms with van der Waals surface area (Å²) in [7, 11) is 4.44. The van der Waals surface area contributed by atoms with Crippen LogP contribution in [0.5, 0.6) is 17.2 Å². The first kappa shape index (κ1) is 35.4. The Bertz CT molecular complexity index is 1850. The lowest BCUT2D eigenvalue weighted by molar-refractivity contribution is -0.115. The van der Waals surface area contributed by atoms with E-state index in [9.17, 15) is 24.3 Å². The second-order valence-electron chi connectivity index (χ2n) is 10.1. The number of halogens is 1. The molecule has 1 atom stereocenters. The fraction of sp³-hybridized carbons (Fsp3) is 0.143. The van der Waals surface area contributed by atoms with E-state index in [1.807, 2.05) is 0 Å². The second-order valence-corrected chi connectivity index (χ2v) is 11.9. The van der Waals surface area contributed by atoms with Crippen molar-refractivity contribution in [2.75, 3.05) is 32.0 Å². The first-order valence-electron chi connectivity index (χ1n) is 14.3. The van der Waals surface area contributed by atoms with Gasteiger partial charge in [-0.1, -0.05) is 29.8 Å². The zero-order valence-corrected chi connectivity index (χ0v) is 27.9. The van der Waals surface area contributed by atoms with Crippen LogP contribution in [0, 0.1) is 0 Å². The molecule has 248 valence electrons. The molecule has 0 aromatic heterocycles. The first-order chi connectivity index (χ1) is 23.0. The first-order valence-corrected chi connectivity index (χ1v) is 15.6. The van der Waals surface area contributed by atoms with Gasteiger partial charge in [-0.05, 0) is 73.7 Å². The predicted molar refractivity (Wildman–Crippen MR) is 185 cm³/mol. The van der Waals surface area contributed by atoms with Crippen molar-refractivity contribution in [1.29, 1.82) is 0 Å². The number of rotatable bonds is 13. The minimum atomic E-state index is -1.14. The number of hydrogen-bond acceptors (Lipinski definition) is 8. The number of carbonyl (C=O) groups excluding carboxylic acids is 3. The monoisotopic (exact) mass is 689 g/mol. The molecule has 0 bridgehead atoms. The summed E-state index contributed by atoms with van der Waals surface area (Å²) < 4.78 is 16.3. The summed E-state index contributed by atoms with van der Waals surface area (Å²) in [6, 6.07) is 22.5. The number of amides is 3. The number of carboxylic acid groups (broad SMARTS) is 1. The summed E-state index contributed by atoms with van der Waals surface area (Å²) in [5.74, 6) is -1.42. The molecule has 0 aliphatic rings. The lowest BCUT2D eigenvalue weighted by Gasteiger charge is -2.15. The Morgan fingerprint density at radius 1 is 0.792 bits per heavy atom. The van der Waals surface area contributed by atoms with E-state index >= 15 is 0 Å². The van der Waals surface area contributed by atoms with Crippen LogP contribution in [0.15, 0.2) is 95.5 Å². The fourth-order valence-corrected chi connectivity index (χ4v) is 5.36. The standard InChI is InChI=1S/C35H32ClN3O8S/c1-20(32(40)38-27-16-22(35(43)44)10-15-26(27)36)48-25-13-11-24(12-14-25)37-34(42)28(39-33(41)21-8-6-5-7-9-21)17-23-18-30(46-3)31(47-4)19-29(23)45-2/h5-20H,1-4H3,(H,37,42)(H,38,40)(H,39,41)(H,43,44)/b28-17-. The minimum absolute atomic E-state index is 0.00635. The highest BCUT2D eigenvalue weighted by atomic mass is 35.5. The van der Waals surface area contributed by atoms with Gasteiger partial charge in [0.25, 0.3) is 11.8 Å². The number of ether oxygens (including phenoxy) is 3. The van der Waals surface area contributed by atoms with Gasteiger partial charge in [0, 0.05) is 27.8 Å². The molecule has 0 saturated carbocycles. The number of aromatic carboxylic acids is 1. The lowest BCUT2D eigenvalue weighted by Crippen LogP contribution is -2.30. The number of hydrogen-bond donors (Lipinski definition) is 4. The van der Waals surface area contributed by atoms with Crippen LogP contribution in [0.1, 0.15) is 33.2 Å². The highest BCUT2D eigenvalue weighted by Crippen LogP contribution is 2.36. The third-order valence-corrected chi connectivity index (χ3v) is 8.27. The molecule has 4 N–H and O–H groups in total. The largest absolute Gasteiger partial charge is 0.496 e. The number of carbonyl (C=O) groups is 4. The van der Waals surface area contributed by atoms with Crippen molar-refractivity contribution in [1.82, 2.24) is 5.32 Å². The average Bonchev–Trinajstić information content (AvgIpc) is 3.09. The van der Waals surface area contributed by atoms with Gasteiger partial charge in [0.2, 0.25) is 5.91 Å². The summed E-state index contributed by atoms with van der Waals surface area (Å²) in [4.78, 5) is 51.5. The third-order valence-electron chi connectivity index (χ3n) is 6.83. The van der Waals surface area contributed by atoms with Crippen molar-refractivity contribution < 1.29 is 38.5 Å². The van der Waals surface area contributed by atoms with Gasteiger partial charge in [0.15, 0.2) is 11.5 Å². The zero-order valence-electron chi connectivity index (χ0n) is 26.3. The molecule has 0 spiro atoms. The molecule has 0 radical (unpaired) electrons. The van der Waals surface area contributed by atoms with Crippen molar-refractivity contribution in [3.05, 3.63) is 112 Å². The van der Waals surface area contributed by atoms with Gasteiger partial charge in [-0.25, -0.2) is 4.79 Å². The molecule has 0 saturated heterocycles. The van der Waals surface area contributed by atoms with Crippen molar-refractivity contribution in [3.63, 3.8) is 0 Å². The Kier molecular flexibility index (Phi) is 12.1. The van der Waals surface area contributed by atoms with E-state index in [0.717, 1.165) is 4.90 Å². The molecule has 0 heterocycles. The summed E-state index contributed by atoms with van der Waals surface area (Å²) in [5.41, 5.74) is 1.35. The van der Waals surface area contributed by atoms with Crippen molar-refractivity contribution in [2.24, 2.45) is 0 Å². The summed E-state index contributed by atoms with van der Waals surface area (Å²) in [6.07, 6.45) is 1.47. The molecular weight excluding hydrogens is 658 g/mol. The van der Waals surface area contributed by atoms with E-state index in [2.05, 4.69) is 16.0 Å². The van der Waals surface area contributed by atoms with Gasteiger partial charge in [-0.15, -0.1) is 11.8 Å². The van der Waals surface area contributed by atoms with Crippen molar-refractivity contribution in [3.8, 4) is 17.2 Å². The number of nitrogens with one attached hydrogen (secondary N) is 3. The van der Waals surface area contributed by atoms with E-state index in [1.54, 1.807) is 73.7 Å². The third kappa shape index (κ3) is 9.08. The quantitative estimate of drug-likeness (QED) is 0.0899. The lowest BCUT2D eigenvalue weighted by atomic mass is 10.1. The Balaban J connectivity index is 1.52. The van der Waals surface area contributed by atoms with Gasteiger partial charge >= 0.3 is 5.97 Å². The van der Waals surface area contributed by atoms with E-state index < -0.39 is 23.0 Å². The molecule has 3 amide bonds. The predicted octanol–water partition coefficient (Wildman–Crippen LogP) is 6.59. The second kappa shape index (κ2) is 16.4. The smallest absolute Gasteiger partial charge is 0.335 e. The molecule has 0 aliphatic heterocycles. The SMILES string of the molecule is COc1cc(OC)c(OC)cc1/C=C(\NC(=O)c1ccccc1)C(=O)Nc1ccc(SC(C)C(=O)Nc2cc(C(=O)O)ccc2Cl)cc1. The molecule has 11 nitrogen and oxygen atoms in total. The number of benzene rings is 4. The summed E-state index contributed by atoms with van der Waals surface area (Å²) in [6.45, 7) is 1.69. The van der Waals surface area contributed by atoms with Crippen LogP contribution in [0.4, 0.5) is 11.4 Å². The molecule has 4 rings (SSSR count). The van der Waals surface area contributed by atoms with Crippen LogP contribution in [0.2, 0.25) is 5.02 Å². The zero-order chi connectivity index (χ0) is 34.8. The van der Waals surface area contributed by atoms with E-state index in [-0.39, 0.29) is 27.9 Å². The van der Waals surface area contributed by atoms with Crippen LogP contribution in [0.3, 0.4) is 0 Å². The molecule has 0 aliphatic carbocycles. The van der Waals surface area contributed by atoms with Crippen LogP contribution in [-0.4, -0.2) is 55.4 Å². The van der Waals surface area contributed by atoms with Crippen molar-refractivity contribution in [2.45, 2.75) is 17.1 Å². The van der Waals surface area contributed by atoms with Crippen molar-refractivity contribution >= 4 is 64.5 Å². The number of anilines is 2. The highest BCUT2D eigenvalue weighted by molar-refractivity contribution is 8.00. The Hall–Kier alpha value is -5.46. The molecule has 1 unspecified atom stereocenters. The number of carboxylic acids is 1. The molecule has 4 aromatic rings. The van der Waals surface area contributed by atoms with E-state index in [1.165, 1.54) is 57.4 Å². The molecule has 48 heavy (non-hydrogen) atoms. The van der Waals surface area contributed by atoms with Gasteiger partial charge in [0.1, 0.15) is 11.4 Å². The summed E-state index contributed by atoms with van der Waals surface area (Å²) >= 11 is 7.39. The summed E-state index contributed by atoms with van der Waals surface area (Å²) in [5, 5.41) is 17.0. The maximum atomic E-state index is 13.6. The van der Waals surface area contributed by atoms with Crippen LogP contribution < -0.4 is 30.2 Å². The van der Waals surface area contributed by atoms with E-state index in [4.69, 9.17) is 25.8 Å². The molecule has 0 fully saturated rings. The van der Waals surface area contributed by atoms with Gasteiger partial charge in [-0.2, -0.15) is 0 Å². The van der Waals surface area contributed by atoms with Crippen LogP contribution in [0.25, 0.3) is 6.08 Å². The van der Waals surface area contributed by atoms with Gasteiger partial charge in [0.05, 0.1) is 42.9 Å². The average molecular weight is 690 g/mol. The molecular formula is C35H32ClN3O8S. The fourth-order valence-electron chi connectivity index (χ4n) is 4.32. The minimum Gasteiger partial charge on any atom is -0.496 e. The van der Waals surface area contributed by atoms with Gasteiger partial charge < -0.3 is 35.3 Å². The van der Waals surface area contributed by atoms with Crippen LogP contribution >= 0.6 is 23.4 Å². The van der Waals surface area contributed by atoms with E-state index in [0.29, 0.717) is 34.1 Å². The topological polar surface area (TPSA) is 152 Å². The highest BCUT2D eigenvalue weighted by Gasteiger charge is 2.20. The maximum absolute atomic E-state index is 13.6. The van der Waals surface area contributed by atoms with Crippen LogP contribution in [-0.2, 0) is 9.59 Å². The maximum Gasteiger partial charge on any atom is 0.335 e. The number of methoxy groups -OCH3 is 3.